The number of nitrogens with zero attached hydrogens (tertiary/aromatic N) is 2. The molecule has 43 heavy (non-hydrogen) atoms. The van der Waals surface area contributed by atoms with Gasteiger partial charge in [0.25, 0.3) is 0 Å². The van der Waals surface area contributed by atoms with Crippen molar-refractivity contribution < 1.29 is 22.7 Å². The molecule has 8 nitrogen and oxygen atoms in total. The summed E-state index contributed by atoms with van der Waals surface area (Å²) < 4.78 is 32.2. The van der Waals surface area contributed by atoms with Gasteiger partial charge in [-0.25, -0.2) is 8.42 Å². The van der Waals surface area contributed by atoms with Gasteiger partial charge in [-0.15, -0.1) is 0 Å². The smallest absolute Gasteiger partial charge is 0.243 e. The Bertz CT molecular complexity index is 1450. The summed E-state index contributed by atoms with van der Waals surface area (Å²) in [5.74, 6) is 0.207. The fraction of sp³-hybridized carbons (Fsp3) is 0.412. The number of carbonyl (C=O) groups is 2. The lowest BCUT2D eigenvalue weighted by atomic mass is 9.99. The number of hydrogen-bond donors (Lipinski definition) is 1. The normalized spacial score (nSPS) is 12.3. The number of sulfonamides is 1. The van der Waals surface area contributed by atoms with Gasteiger partial charge in [0, 0.05) is 31.5 Å². The van der Waals surface area contributed by atoms with Crippen molar-refractivity contribution >= 4 is 27.5 Å². The second-order valence-corrected chi connectivity index (χ2v) is 13.7. The van der Waals surface area contributed by atoms with Gasteiger partial charge < -0.3 is 15.0 Å². The molecule has 9 heteroatoms. The van der Waals surface area contributed by atoms with Crippen LogP contribution in [0.4, 0.5) is 5.69 Å². The molecule has 3 rings (SSSR count). The molecular formula is C34H45N3O5S. The van der Waals surface area contributed by atoms with E-state index in [2.05, 4.69) is 5.32 Å². The molecule has 0 aromatic heterocycles. The van der Waals surface area contributed by atoms with Crippen LogP contribution in [-0.2, 0) is 32.6 Å². The molecular weight excluding hydrogens is 562 g/mol. The molecule has 0 fully saturated rings. The molecule has 1 atom stereocenters. The zero-order valence-corrected chi connectivity index (χ0v) is 27.0. The number of rotatable bonds is 14. The number of aryl methyl sites for hydroxylation is 1. The molecule has 0 saturated heterocycles. The van der Waals surface area contributed by atoms with E-state index in [0.29, 0.717) is 24.5 Å². The van der Waals surface area contributed by atoms with Crippen LogP contribution in [0.2, 0.25) is 0 Å². The molecule has 0 aliphatic heterocycles. The lowest BCUT2D eigenvalue weighted by Gasteiger charge is -2.34. The van der Waals surface area contributed by atoms with Gasteiger partial charge in [0.1, 0.15) is 11.8 Å². The predicted octanol–water partition coefficient (Wildman–Crippen LogP) is 5.49. The first kappa shape index (κ1) is 33.6. The Morgan fingerprint density at radius 1 is 0.930 bits per heavy atom. The maximum Gasteiger partial charge on any atom is 0.243 e. The van der Waals surface area contributed by atoms with E-state index < -0.39 is 21.6 Å². The third kappa shape index (κ3) is 10.4. The van der Waals surface area contributed by atoms with Gasteiger partial charge in [-0.2, -0.15) is 0 Å². The third-order valence-electron chi connectivity index (χ3n) is 6.96. The Labute approximate surface area is 257 Å². The largest absolute Gasteiger partial charge is 0.494 e. The lowest BCUT2D eigenvalue weighted by Crippen LogP contribution is -2.54. The minimum absolute atomic E-state index is 0.0724. The minimum Gasteiger partial charge on any atom is -0.494 e. The summed E-state index contributed by atoms with van der Waals surface area (Å²) in [7, 11) is -3.60. The molecule has 232 valence electrons. The predicted molar refractivity (Wildman–Crippen MR) is 173 cm³/mol. The lowest BCUT2D eigenvalue weighted by molar-refractivity contribution is -0.142. The summed E-state index contributed by atoms with van der Waals surface area (Å²) in [6.45, 7) is 10.5. The summed E-state index contributed by atoms with van der Waals surface area (Å²) in [6, 6.07) is 23.6. The maximum atomic E-state index is 14.0. The topological polar surface area (TPSA) is 96.0 Å². The highest BCUT2D eigenvalue weighted by atomic mass is 32.2. The fourth-order valence-corrected chi connectivity index (χ4v) is 5.82. The van der Waals surface area contributed by atoms with E-state index in [9.17, 15) is 18.0 Å². The number of nitrogens with one attached hydrogen (secondary N) is 1. The van der Waals surface area contributed by atoms with Gasteiger partial charge in [-0.05, 0) is 82.0 Å². The number of amides is 2. The molecule has 0 heterocycles. The zero-order valence-electron chi connectivity index (χ0n) is 26.2. The molecule has 2 amide bonds. The van der Waals surface area contributed by atoms with E-state index in [-0.39, 0.29) is 37.7 Å². The highest BCUT2D eigenvalue weighted by molar-refractivity contribution is 7.92. The summed E-state index contributed by atoms with van der Waals surface area (Å²) in [4.78, 5) is 29.4. The molecule has 0 bridgehead atoms. The Morgan fingerprint density at radius 3 is 2.14 bits per heavy atom. The number of anilines is 1. The van der Waals surface area contributed by atoms with E-state index in [4.69, 9.17) is 4.74 Å². The molecule has 0 aliphatic rings. The van der Waals surface area contributed by atoms with E-state index in [1.54, 1.807) is 29.2 Å². The fourth-order valence-electron chi connectivity index (χ4n) is 4.86. The van der Waals surface area contributed by atoms with Crippen LogP contribution in [0.15, 0.2) is 78.9 Å². The first-order valence-corrected chi connectivity index (χ1v) is 16.5. The molecule has 3 aromatic carbocycles. The Morgan fingerprint density at radius 2 is 1.56 bits per heavy atom. The third-order valence-corrected chi connectivity index (χ3v) is 8.15. The first-order valence-electron chi connectivity index (χ1n) is 14.7. The highest BCUT2D eigenvalue weighted by Crippen LogP contribution is 2.23. The number of benzene rings is 3. The second-order valence-electron chi connectivity index (χ2n) is 11.8. The number of carbonyl (C=O) groups excluding carboxylic acids is 2. The van der Waals surface area contributed by atoms with Crippen LogP contribution < -0.4 is 14.4 Å². The van der Waals surface area contributed by atoms with Crippen molar-refractivity contribution in [3.05, 3.63) is 95.6 Å². The molecule has 0 aliphatic carbocycles. The van der Waals surface area contributed by atoms with Crippen molar-refractivity contribution in [1.82, 2.24) is 10.2 Å². The van der Waals surface area contributed by atoms with Crippen molar-refractivity contribution in [2.24, 2.45) is 0 Å². The summed E-state index contributed by atoms with van der Waals surface area (Å²) >= 11 is 0. The van der Waals surface area contributed by atoms with E-state index in [1.807, 2.05) is 89.2 Å². The molecule has 1 N–H and O–H groups in total. The standard InChI is InChI=1S/C34H45N3O5S/c1-7-42-30-21-19-29(20-22-30)37(43(6,40)41)23-13-18-32(38)36(25-28-17-12-11-14-26(28)2)31(33(39)35-34(3,4)5)24-27-15-9-8-10-16-27/h8-12,14-17,19-22,31H,7,13,18,23-25H2,1-6H3,(H,35,39). The van der Waals surface area contributed by atoms with Crippen molar-refractivity contribution in [1.29, 1.82) is 0 Å². The van der Waals surface area contributed by atoms with Crippen LogP contribution in [-0.4, -0.2) is 56.1 Å². The van der Waals surface area contributed by atoms with Crippen LogP contribution >= 0.6 is 0 Å². The van der Waals surface area contributed by atoms with Crippen LogP contribution in [0.25, 0.3) is 0 Å². The maximum absolute atomic E-state index is 14.0. The first-order chi connectivity index (χ1) is 20.3. The molecule has 3 aromatic rings. The van der Waals surface area contributed by atoms with Gasteiger partial charge in [0.05, 0.1) is 18.6 Å². The van der Waals surface area contributed by atoms with Gasteiger partial charge in [-0.1, -0.05) is 54.6 Å². The SMILES string of the molecule is CCOc1ccc(N(CCCC(=O)N(Cc2ccccc2C)C(Cc2ccccc2)C(=O)NC(C)(C)C)S(C)(=O)=O)cc1. The van der Waals surface area contributed by atoms with Crippen LogP contribution in [0.3, 0.4) is 0 Å². The highest BCUT2D eigenvalue weighted by Gasteiger charge is 2.32. The molecule has 0 spiro atoms. The monoisotopic (exact) mass is 607 g/mol. The Hall–Kier alpha value is -3.85. The van der Waals surface area contributed by atoms with Crippen LogP contribution in [0, 0.1) is 6.92 Å². The molecule has 1 unspecified atom stereocenters. The van der Waals surface area contributed by atoms with E-state index in [1.165, 1.54) is 4.31 Å². The molecule has 0 radical (unpaired) electrons. The van der Waals surface area contributed by atoms with E-state index in [0.717, 1.165) is 22.9 Å². The Balaban J connectivity index is 1.89. The average molecular weight is 608 g/mol. The van der Waals surface area contributed by atoms with Crippen molar-refractivity contribution in [3.8, 4) is 5.75 Å². The van der Waals surface area contributed by atoms with Crippen molar-refractivity contribution in [2.45, 2.75) is 72.0 Å². The van der Waals surface area contributed by atoms with Gasteiger partial charge in [0.2, 0.25) is 21.8 Å². The summed E-state index contributed by atoms with van der Waals surface area (Å²) in [5, 5.41) is 3.07. The zero-order chi connectivity index (χ0) is 31.6. The van der Waals surface area contributed by atoms with Crippen LogP contribution in [0.5, 0.6) is 5.75 Å². The Kier molecular flexibility index (Phi) is 11.8. The van der Waals surface area contributed by atoms with Gasteiger partial charge >= 0.3 is 0 Å². The van der Waals surface area contributed by atoms with Crippen molar-refractivity contribution in [2.75, 3.05) is 23.7 Å². The number of ether oxygens (including phenoxy) is 1. The quantitative estimate of drug-likeness (QED) is 0.261. The van der Waals surface area contributed by atoms with Gasteiger partial charge in [0.15, 0.2) is 0 Å². The van der Waals surface area contributed by atoms with Crippen LogP contribution in [0.1, 0.15) is 57.2 Å². The number of hydrogen-bond acceptors (Lipinski definition) is 5. The second kappa shape index (κ2) is 15.0. The van der Waals surface area contributed by atoms with Crippen molar-refractivity contribution in [3.63, 3.8) is 0 Å². The van der Waals surface area contributed by atoms with Gasteiger partial charge in [-0.3, -0.25) is 13.9 Å². The minimum atomic E-state index is -3.60. The average Bonchev–Trinajstić information content (AvgIpc) is 2.93. The van der Waals surface area contributed by atoms with E-state index >= 15 is 0 Å². The molecule has 0 saturated carbocycles. The summed E-state index contributed by atoms with van der Waals surface area (Å²) in [5.41, 5.74) is 2.93. The summed E-state index contributed by atoms with van der Waals surface area (Å²) in [6.07, 6.45) is 1.86.